The van der Waals surface area contributed by atoms with E-state index in [-0.39, 0.29) is 0 Å². The summed E-state index contributed by atoms with van der Waals surface area (Å²) in [5, 5.41) is 19.5. The highest BCUT2D eigenvalue weighted by molar-refractivity contribution is 5.95. The highest BCUT2D eigenvalue weighted by atomic mass is 14.6. The van der Waals surface area contributed by atoms with Gasteiger partial charge in [0.2, 0.25) is 0 Å². The molecular weight excluding hydrogens is 246 g/mol. The number of pyridine rings is 1. The molecule has 0 amide bonds. The molecule has 92 valence electrons. The average Bonchev–Trinajstić information content (AvgIpc) is 2.53. The summed E-state index contributed by atoms with van der Waals surface area (Å²) in [4.78, 5) is 4.40. The smallest absolute Gasteiger partial charge is 0.101 e. The maximum atomic E-state index is 9.34. The van der Waals surface area contributed by atoms with Crippen LogP contribution in [0.1, 0.15) is 11.1 Å². The fourth-order valence-electron chi connectivity index (χ4n) is 2.31. The van der Waals surface area contributed by atoms with Gasteiger partial charge in [0.15, 0.2) is 0 Å². The Bertz CT molecular complexity index is 877. The summed E-state index contributed by atoms with van der Waals surface area (Å²) < 4.78 is 0. The molecule has 3 nitrogen and oxygen atoms in total. The van der Waals surface area contributed by atoms with Gasteiger partial charge in [-0.05, 0) is 12.1 Å². The van der Waals surface area contributed by atoms with E-state index < -0.39 is 0 Å². The molecule has 0 saturated carbocycles. The Hall–Kier alpha value is -3.17. The lowest BCUT2D eigenvalue weighted by molar-refractivity contribution is 1.40. The molecule has 3 heteroatoms. The number of para-hydroxylation sites is 1. The zero-order valence-electron chi connectivity index (χ0n) is 10.5. The molecule has 1 aromatic heterocycles. The summed E-state index contributed by atoms with van der Waals surface area (Å²) in [7, 11) is 0. The van der Waals surface area contributed by atoms with Gasteiger partial charge in [0.05, 0.1) is 16.6 Å². The van der Waals surface area contributed by atoms with Crippen molar-refractivity contribution in [3.05, 3.63) is 65.9 Å². The molecular formula is C17H9N3. The summed E-state index contributed by atoms with van der Waals surface area (Å²) in [6.07, 6.45) is 1.73. The number of aromatic nitrogens is 1. The van der Waals surface area contributed by atoms with Crippen molar-refractivity contribution in [2.45, 2.75) is 0 Å². The lowest BCUT2D eigenvalue weighted by Gasteiger charge is -2.08. The van der Waals surface area contributed by atoms with Gasteiger partial charge in [-0.1, -0.05) is 36.4 Å². The summed E-state index contributed by atoms with van der Waals surface area (Å²) >= 11 is 0. The first-order chi connectivity index (χ1) is 9.85. The zero-order valence-corrected chi connectivity index (χ0v) is 10.5. The number of hydrogen-bond donors (Lipinski definition) is 0. The first-order valence-electron chi connectivity index (χ1n) is 6.12. The molecule has 0 aliphatic rings. The van der Waals surface area contributed by atoms with Crippen LogP contribution in [0.3, 0.4) is 0 Å². The summed E-state index contributed by atoms with van der Waals surface area (Å²) in [6.45, 7) is 0. The maximum Gasteiger partial charge on any atom is 0.101 e. The van der Waals surface area contributed by atoms with E-state index in [1.807, 2.05) is 36.4 Å². The summed E-state index contributed by atoms with van der Waals surface area (Å²) in [5.41, 5.74) is 3.24. The van der Waals surface area contributed by atoms with Crippen molar-refractivity contribution in [1.82, 2.24) is 4.98 Å². The van der Waals surface area contributed by atoms with Gasteiger partial charge < -0.3 is 0 Å². The molecule has 2 aromatic carbocycles. The quantitative estimate of drug-likeness (QED) is 0.666. The second-order valence-electron chi connectivity index (χ2n) is 4.33. The maximum absolute atomic E-state index is 9.34. The fraction of sp³-hybridized carbons (Fsp3) is 0. The van der Waals surface area contributed by atoms with Gasteiger partial charge >= 0.3 is 0 Å². The third-order valence-electron chi connectivity index (χ3n) is 3.22. The molecule has 20 heavy (non-hydrogen) atoms. The van der Waals surface area contributed by atoms with E-state index in [4.69, 9.17) is 5.26 Å². The molecule has 0 spiro atoms. The minimum absolute atomic E-state index is 0.387. The van der Waals surface area contributed by atoms with Crippen LogP contribution in [-0.2, 0) is 0 Å². The number of nitrogens with zero attached hydrogens (tertiary/aromatic N) is 3. The summed E-state index contributed by atoms with van der Waals surface area (Å²) in [5.74, 6) is 0. The van der Waals surface area contributed by atoms with Gasteiger partial charge in [-0.3, -0.25) is 4.98 Å². The van der Waals surface area contributed by atoms with E-state index in [2.05, 4.69) is 17.1 Å². The largest absolute Gasteiger partial charge is 0.256 e. The van der Waals surface area contributed by atoms with E-state index in [0.717, 1.165) is 22.0 Å². The molecule has 0 bridgehead atoms. The molecule has 3 aromatic rings. The Kier molecular flexibility index (Phi) is 2.88. The van der Waals surface area contributed by atoms with E-state index in [0.29, 0.717) is 11.1 Å². The lowest BCUT2D eigenvalue weighted by atomic mass is 9.95. The Morgan fingerprint density at radius 2 is 1.55 bits per heavy atom. The molecule has 0 unspecified atom stereocenters. The van der Waals surface area contributed by atoms with Crippen LogP contribution in [0.2, 0.25) is 0 Å². The Labute approximate surface area is 116 Å². The average molecular weight is 255 g/mol. The molecule has 0 atom stereocenters. The van der Waals surface area contributed by atoms with Crippen LogP contribution in [0.15, 0.2) is 54.7 Å². The minimum Gasteiger partial charge on any atom is -0.256 e. The number of hydrogen-bond acceptors (Lipinski definition) is 3. The van der Waals surface area contributed by atoms with Crippen molar-refractivity contribution < 1.29 is 0 Å². The highest BCUT2D eigenvalue weighted by Gasteiger charge is 2.12. The van der Waals surface area contributed by atoms with Gasteiger partial charge in [-0.15, -0.1) is 0 Å². The molecule has 3 rings (SSSR count). The van der Waals surface area contributed by atoms with E-state index >= 15 is 0 Å². The first kappa shape index (κ1) is 11.9. The number of fused-ring (bicyclic) bond motifs is 1. The lowest BCUT2D eigenvalue weighted by Crippen LogP contribution is -1.91. The van der Waals surface area contributed by atoms with Crippen LogP contribution in [0, 0.1) is 22.7 Å². The molecule has 0 saturated heterocycles. The normalized spacial score (nSPS) is 9.90. The van der Waals surface area contributed by atoms with Crippen molar-refractivity contribution in [3.63, 3.8) is 0 Å². The second-order valence-corrected chi connectivity index (χ2v) is 4.33. The standard InChI is InChI=1S/C17H9N3/c18-10-13-5-2-7-14(16(13)11-19)15-8-1-4-12-6-3-9-20-17(12)15/h1-9H. The van der Waals surface area contributed by atoms with Crippen molar-refractivity contribution in [2.75, 3.05) is 0 Å². The predicted molar refractivity (Wildman–Crippen MR) is 76.6 cm³/mol. The molecule has 0 aliphatic carbocycles. The van der Waals surface area contributed by atoms with E-state index in [1.54, 1.807) is 18.3 Å². The summed E-state index contributed by atoms with van der Waals surface area (Å²) in [6, 6.07) is 19.2. The molecule has 0 N–H and O–H groups in total. The van der Waals surface area contributed by atoms with E-state index in [1.165, 1.54) is 0 Å². The minimum atomic E-state index is 0.387. The topological polar surface area (TPSA) is 60.5 Å². The van der Waals surface area contributed by atoms with Gasteiger partial charge in [0.1, 0.15) is 12.1 Å². The highest BCUT2D eigenvalue weighted by Crippen LogP contribution is 2.30. The Morgan fingerprint density at radius 3 is 2.35 bits per heavy atom. The Morgan fingerprint density at radius 1 is 0.800 bits per heavy atom. The van der Waals surface area contributed by atoms with Crippen molar-refractivity contribution in [1.29, 1.82) is 10.5 Å². The van der Waals surface area contributed by atoms with Crippen LogP contribution in [-0.4, -0.2) is 4.98 Å². The van der Waals surface area contributed by atoms with Crippen LogP contribution in [0.25, 0.3) is 22.0 Å². The zero-order chi connectivity index (χ0) is 13.9. The van der Waals surface area contributed by atoms with Crippen LogP contribution < -0.4 is 0 Å². The molecule has 0 radical (unpaired) electrons. The third kappa shape index (κ3) is 1.79. The van der Waals surface area contributed by atoms with Crippen LogP contribution in [0.4, 0.5) is 0 Å². The molecule has 0 fully saturated rings. The number of benzene rings is 2. The van der Waals surface area contributed by atoms with Crippen molar-refractivity contribution >= 4 is 10.9 Å². The number of nitriles is 2. The number of rotatable bonds is 1. The van der Waals surface area contributed by atoms with Crippen LogP contribution in [0.5, 0.6) is 0 Å². The Balaban J connectivity index is 2.39. The third-order valence-corrected chi connectivity index (χ3v) is 3.22. The van der Waals surface area contributed by atoms with Crippen LogP contribution >= 0.6 is 0 Å². The second kappa shape index (κ2) is 4.84. The van der Waals surface area contributed by atoms with Gasteiger partial charge in [0.25, 0.3) is 0 Å². The van der Waals surface area contributed by atoms with Crippen molar-refractivity contribution in [2.24, 2.45) is 0 Å². The first-order valence-corrected chi connectivity index (χ1v) is 6.12. The van der Waals surface area contributed by atoms with Gasteiger partial charge in [0, 0.05) is 22.7 Å². The predicted octanol–water partition coefficient (Wildman–Crippen LogP) is 3.65. The van der Waals surface area contributed by atoms with E-state index in [9.17, 15) is 5.26 Å². The SMILES string of the molecule is N#Cc1cccc(-c2cccc3cccnc23)c1C#N. The van der Waals surface area contributed by atoms with Crippen molar-refractivity contribution in [3.8, 4) is 23.3 Å². The van der Waals surface area contributed by atoms with Gasteiger partial charge in [-0.25, -0.2) is 0 Å². The molecule has 0 aliphatic heterocycles. The van der Waals surface area contributed by atoms with Gasteiger partial charge in [-0.2, -0.15) is 10.5 Å². The monoisotopic (exact) mass is 255 g/mol. The molecule has 1 heterocycles. The fourth-order valence-corrected chi connectivity index (χ4v) is 2.31.